The van der Waals surface area contributed by atoms with Crippen LogP contribution in [0.4, 0.5) is 0 Å². The summed E-state index contributed by atoms with van der Waals surface area (Å²) in [6.45, 7) is 5.82. The summed E-state index contributed by atoms with van der Waals surface area (Å²) < 4.78 is 5.79. The molecule has 0 aliphatic rings. The molecule has 0 aliphatic carbocycles. The molecule has 0 amide bonds. The van der Waals surface area contributed by atoms with E-state index in [1.54, 1.807) is 0 Å². The summed E-state index contributed by atoms with van der Waals surface area (Å²) in [6.07, 6.45) is 0. The van der Waals surface area contributed by atoms with Crippen molar-refractivity contribution in [1.29, 1.82) is 0 Å². The third-order valence-electron chi connectivity index (χ3n) is 2.66. The average molecular weight is 250 g/mol. The Morgan fingerprint density at radius 1 is 1.24 bits per heavy atom. The highest BCUT2D eigenvalue weighted by molar-refractivity contribution is 6.30. The third-order valence-corrected chi connectivity index (χ3v) is 2.90. The molecule has 0 spiro atoms. The lowest BCUT2D eigenvalue weighted by Gasteiger charge is -2.03. The van der Waals surface area contributed by atoms with Gasteiger partial charge in [0.25, 0.3) is 0 Å². The molecular weight excluding hydrogens is 234 g/mol. The third kappa shape index (κ3) is 2.90. The minimum Gasteiger partial charge on any atom is -0.460 e. The molecule has 0 atom stereocenters. The SMILES string of the molecule is CCNCc1ccc(-c2ccc(Cl)cc2C)o1. The number of benzene rings is 1. The molecule has 0 bridgehead atoms. The highest BCUT2D eigenvalue weighted by atomic mass is 35.5. The summed E-state index contributed by atoms with van der Waals surface area (Å²) in [5, 5.41) is 3.99. The monoisotopic (exact) mass is 249 g/mol. The molecule has 1 aromatic carbocycles. The number of hydrogen-bond donors (Lipinski definition) is 1. The highest BCUT2D eigenvalue weighted by Crippen LogP contribution is 2.27. The van der Waals surface area contributed by atoms with Crippen molar-refractivity contribution in [3.05, 3.63) is 46.7 Å². The minimum absolute atomic E-state index is 0.755. The van der Waals surface area contributed by atoms with Crippen LogP contribution in [0.2, 0.25) is 5.02 Å². The zero-order valence-corrected chi connectivity index (χ0v) is 10.8. The molecule has 2 aromatic rings. The standard InChI is InChI=1S/C14H16ClNO/c1-3-16-9-12-5-7-14(17-12)13-6-4-11(15)8-10(13)2/h4-8,16H,3,9H2,1-2H3. The first-order valence-corrected chi connectivity index (χ1v) is 6.14. The first kappa shape index (κ1) is 12.2. The van der Waals surface area contributed by atoms with Gasteiger partial charge in [0.2, 0.25) is 0 Å². The zero-order valence-electron chi connectivity index (χ0n) is 10.1. The van der Waals surface area contributed by atoms with Crippen LogP contribution in [-0.2, 0) is 6.54 Å². The summed E-state index contributed by atoms with van der Waals surface area (Å²) >= 11 is 5.94. The van der Waals surface area contributed by atoms with Crippen LogP contribution in [0, 0.1) is 6.92 Å². The largest absolute Gasteiger partial charge is 0.460 e. The van der Waals surface area contributed by atoms with E-state index >= 15 is 0 Å². The Labute approximate surface area is 107 Å². The van der Waals surface area contributed by atoms with Crippen molar-refractivity contribution in [3.8, 4) is 11.3 Å². The quantitative estimate of drug-likeness (QED) is 0.886. The van der Waals surface area contributed by atoms with E-state index < -0.39 is 0 Å². The van der Waals surface area contributed by atoms with Gasteiger partial charge in [-0.05, 0) is 49.4 Å². The molecule has 2 nitrogen and oxygen atoms in total. The number of hydrogen-bond acceptors (Lipinski definition) is 2. The second kappa shape index (κ2) is 5.39. The number of nitrogens with one attached hydrogen (secondary N) is 1. The lowest BCUT2D eigenvalue weighted by Crippen LogP contribution is -2.10. The van der Waals surface area contributed by atoms with E-state index in [2.05, 4.69) is 12.2 Å². The van der Waals surface area contributed by atoms with Crippen LogP contribution in [0.5, 0.6) is 0 Å². The van der Waals surface area contributed by atoms with Crippen LogP contribution in [0.3, 0.4) is 0 Å². The van der Waals surface area contributed by atoms with Crippen molar-refractivity contribution in [2.24, 2.45) is 0 Å². The van der Waals surface area contributed by atoms with E-state index in [-0.39, 0.29) is 0 Å². The Balaban J connectivity index is 2.24. The van der Waals surface area contributed by atoms with Crippen LogP contribution in [0.15, 0.2) is 34.7 Å². The van der Waals surface area contributed by atoms with E-state index in [1.807, 2.05) is 37.3 Å². The number of rotatable bonds is 4. The van der Waals surface area contributed by atoms with E-state index in [4.69, 9.17) is 16.0 Å². The maximum Gasteiger partial charge on any atom is 0.134 e. The number of furan rings is 1. The van der Waals surface area contributed by atoms with Gasteiger partial charge in [0, 0.05) is 10.6 Å². The van der Waals surface area contributed by atoms with Crippen LogP contribution >= 0.6 is 11.6 Å². The molecule has 0 saturated carbocycles. The molecule has 0 radical (unpaired) electrons. The smallest absolute Gasteiger partial charge is 0.134 e. The lowest BCUT2D eigenvalue weighted by molar-refractivity contribution is 0.498. The van der Waals surface area contributed by atoms with Gasteiger partial charge in [-0.2, -0.15) is 0 Å². The van der Waals surface area contributed by atoms with Crippen molar-refractivity contribution in [2.75, 3.05) is 6.54 Å². The topological polar surface area (TPSA) is 25.2 Å². The second-order valence-corrected chi connectivity index (χ2v) is 4.44. The molecule has 0 unspecified atom stereocenters. The van der Waals surface area contributed by atoms with E-state index in [9.17, 15) is 0 Å². The van der Waals surface area contributed by atoms with Crippen molar-refractivity contribution >= 4 is 11.6 Å². The maximum absolute atomic E-state index is 5.94. The Hall–Kier alpha value is -1.25. The predicted molar refractivity (Wildman–Crippen MR) is 71.3 cm³/mol. The highest BCUT2D eigenvalue weighted by Gasteiger charge is 2.07. The fourth-order valence-corrected chi connectivity index (χ4v) is 2.00. The van der Waals surface area contributed by atoms with Crippen molar-refractivity contribution in [1.82, 2.24) is 5.32 Å². The zero-order chi connectivity index (χ0) is 12.3. The van der Waals surface area contributed by atoms with Gasteiger partial charge in [-0.3, -0.25) is 0 Å². The fourth-order valence-electron chi connectivity index (χ4n) is 1.77. The van der Waals surface area contributed by atoms with Gasteiger partial charge in [-0.15, -0.1) is 0 Å². The Morgan fingerprint density at radius 3 is 2.76 bits per heavy atom. The molecule has 0 aliphatic heterocycles. The van der Waals surface area contributed by atoms with E-state index in [0.29, 0.717) is 0 Å². The second-order valence-electron chi connectivity index (χ2n) is 4.01. The van der Waals surface area contributed by atoms with Gasteiger partial charge < -0.3 is 9.73 Å². The summed E-state index contributed by atoms with van der Waals surface area (Å²) in [6, 6.07) is 9.84. The molecule has 1 aromatic heterocycles. The normalized spacial score (nSPS) is 10.8. The molecule has 0 fully saturated rings. The molecule has 3 heteroatoms. The van der Waals surface area contributed by atoms with Crippen molar-refractivity contribution < 1.29 is 4.42 Å². The van der Waals surface area contributed by atoms with E-state index in [1.165, 1.54) is 0 Å². The van der Waals surface area contributed by atoms with Gasteiger partial charge in [0.15, 0.2) is 0 Å². The lowest BCUT2D eigenvalue weighted by atomic mass is 10.1. The summed E-state index contributed by atoms with van der Waals surface area (Å²) in [5.41, 5.74) is 2.22. The summed E-state index contributed by atoms with van der Waals surface area (Å²) in [4.78, 5) is 0. The van der Waals surface area contributed by atoms with E-state index in [0.717, 1.165) is 40.8 Å². The Kier molecular flexibility index (Phi) is 3.87. The van der Waals surface area contributed by atoms with Gasteiger partial charge >= 0.3 is 0 Å². The van der Waals surface area contributed by atoms with Crippen LogP contribution in [0.1, 0.15) is 18.2 Å². The van der Waals surface area contributed by atoms with Gasteiger partial charge in [-0.25, -0.2) is 0 Å². The van der Waals surface area contributed by atoms with Crippen molar-refractivity contribution in [2.45, 2.75) is 20.4 Å². The van der Waals surface area contributed by atoms with Crippen LogP contribution in [0.25, 0.3) is 11.3 Å². The Bertz CT molecular complexity index is 505. The Morgan fingerprint density at radius 2 is 2.06 bits per heavy atom. The molecular formula is C14H16ClNO. The first-order chi connectivity index (χ1) is 8.20. The molecule has 0 saturated heterocycles. The molecule has 17 heavy (non-hydrogen) atoms. The average Bonchev–Trinajstić information content (AvgIpc) is 2.75. The first-order valence-electron chi connectivity index (χ1n) is 5.76. The number of halogens is 1. The van der Waals surface area contributed by atoms with Crippen LogP contribution < -0.4 is 5.32 Å². The maximum atomic E-state index is 5.94. The van der Waals surface area contributed by atoms with Gasteiger partial charge in [-0.1, -0.05) is 18.5 Å². The predicted octanol–water partition coefficient (Wildman–Crippen LogP) is 4.02. The van der Waals surface area contributed by atoms with Gasteiger partial charge in [0.1, 0.15) is 11.5 Å². The summed E-state index contributed by atoms with van der Waals surface area (Å²) in [5.74, 6) is 1.85. The molecule has 2 rings (SSSR count). The van der Waals surface area contributed by atoms with Crippen molar-refractivity contribution in [3.63, 3.8) is 0 Å². The number of aryl methyl sites for hydroxylation is 1. The van der Waals surface area contributed by atoms with Crippen LogP contribution in [-0.4, -0.2) is 6.54 Å². The minimum atomic E-state index is 0.755. The molecule has 1 N–H and O–H groups in total. The fraction of sp³-hybridized carbons (Fsp3) is 0.286. The molecule has 1 heterocycles. The molecule has 90 valence electrons. The summed E-state index contributed by atoms with van der Waals surface area (Å²) in [7, 11) is 0. The van der Waals surface area contributed by atoms with Gasteiger partial charge in [0.05, 0.1) is 6.54 Å².